The summed E-state index contributed by atoms with van der Waals surface area (Å²) in [6.07, 6.45) is 3.74. The number of imidazole rings is 1. The lowest BCUT2D eigenvalue weighted by Gasteiger charge is -2.35. The molecule has 0 atom stereocenters. The number of hydrogen-bond donors (Lipinski definition) is 2. The largest absolute Gasteiger partial charge is 0.379 e. The van der Waals surface area contributed by atoms with Gasteiger partial charge < -0.3 is 20.1 Å². The smallest absolute Gasteiger partial charge is 0.219 e. The van der Waals surface area contributed by atoms with Gasteiger partial charge in [-0.2, -0.15) is 5.10 Å². The van der Waals surface area contributed by atoms with Crippen molar-refractivity contribution in [1.29, 1.82) is 0 Å². The van der Waals surface area contributed by atoms with E-state index in [0.29, 0.717) is 16.7 Å². The SMILES string of the molecule is CC(=O)N1CCN(c2ccc(-c3nc4ncc(Cl)c(NC5CCN(Cc6c(C)nn(C)c6C)CC5)c4[nH]3)cc2)CC1. The van der Waals surface area contributed by atoms with Crippen molar-refractivity contribution in [3.8, 4) is 11.4 Å². The van der Waals surface area contributed by atoms with Crippen LogP contribution in [0.3, 0.4) is 0 Å². The van der Waals surface area contributed by atoms with E-state index in [-0.39, 0.29) is 5.91 Å². The first kappa shape index (κ1) is 27.5. The van der Waals surface area contributed by atoms with Crippen LogP contribution in [0.1, 0.15) is 36.7 Å². The number of aryl methyl sites for hydroxylation is 2. The number of nitrogens with one attached hydrogen (secondary N) is 2. The lowest BCUT2D eigenvalue weighted by molar-refractivity contribution is -0.129. The van der Waals surface area contributed by atoms with Crippen LogP contribution in [0.15, 0.2) is 30.5 Å². The summed E-state index contributed by atoms with van der Waals surface area (Å²) in [5.74, 6) is 0.909. The summed E-state index contributed by atoms with van der Waals surface area (Å²) in [5, 5.41) is 8.88. The Morgan fingerprint density at radius 2 is 1.78 bits per heavy atom. The van der Waals surface area contributed by atoms with Crippen molar-refractivity contribution in [3.63, 3.8) is 0 Å². The number of anilines is 2. The number of piperazine rings is 1. The van der Waals surface area contributed by atoms with Gasteiger partial charge in [0.25, 0.3) is 0 Å². The molecule has 41 heavy (non-hydrogen) atoms. The molecule has 2 aliphatic heterocycles. The predicted octanol–water partition coefficient (Wildman–Crippen LogP) is 4.37. The quantitative estimate of drug-likeness (QED) is 0.352. The van der Waals surface area contributed by atoms with E-state index in [1.165, 1.54) is 11.3 Å². The Balaban J connectivity index is 1.12. The van der Waals surface area contributed by atoms with Crippen LogP contribution in [-0.4, -0.2) is 85.7 Å². The number of likely N-dealkylation sites (tertiary alicyclic amines) is 1. The van der Waals surface area contributed by atoms with E-state index in [4.69, 9.17) is 16.6 Å². The second-order valence-electron chi connectivity index (χ2n) is 11.3. The van der Waals surface area contributed by atoms with Crippen LogP contribution in [0.2, 0.25) is 5.02 Å². The molecule has 10 nitrogen and oxygen atoms in total. The van der Waals surface area contributed by atoms with Crippen molar-refractivity contribution >= 4 is 40.0 Å². The van der Waals surface area contributed by atoms with Gasteiger partial charge in [0, 0.05) is 88.3 Å². The molecule has 4 aromatic rings. The van der Waals surface area contributed by atoms with Crippen molar-refractivity contribution in [2.24, 2.45) is 7.05 Å². The number of nitrogens with zero attached hydrogens (tertiary/aromatic N) is 7. The van der Waals surface area contributed by atoms with Gasteiger partial charge in [0.1, 0.15) is 11.3 Å². The van der Waals surface area contributed by atoms with E-state index >= 15 is 0 Å². The number of aromatic amines is 1. The molecule has 2 fully saturated rings. The topological polar surface area (TPSA) is 98.2 Å². The summed E-state index contributed by atoms with van der Waals surface area (Å²) in [6.45, 7) is 12.0. The number of carbonyl (C=O) groups excluding carboxylic acids is 1. The zero-order valence-electron chi connectivity index (χ0n) is 24.2. The Hall–Kier alpha value is -3.63. The maximum absolute atomic E-state index is 11.6. The summed E-state index contributed by atoms with van der Waals surface area (Å²) in [4.78, 5) is 31.1. The van der Waals surface area contributed by atoms with Crippen LogP contribution in [-0.2, 0) is 18.4 Å². The molecule has 2 aliphatic rings. The molecule has 0 spiro atoms. The average Bonchev–Trinajstić information content (AvgIpc) is 3.52. The second kappa shape index (κ2) is 11.3. The highest BCUT2D eigenvalue weighted by Crippen LogP contribution is 2.33. The number of amides is 1. The highest BCUT2D eigenvalue weighted by Gasteiger charge is 2.24. The third kappa shape index (κ3) is 5.63. The Labute approximate surface area is 245 Å². The molecule has 0 aliphatic carbocycles. The zero-order valence-corrected chi connectivity index (χ0v) is 25.0. The third-order valence-electron chi connectivity index (χ3n) is 8.68. The summed E-state index contributed by atoms with van der Waals surface area (Å²) in [5.41, 5.74) is 8.19. The van der Waals surface area contributed by atoms with Gasteiger partial charge in [-0.1, -0.05) is 11.6 Å². The maximum Gasteiger partial charge on any atom is 0.219 e. The number of aromatic nitrogens is 5. The minimum Gasteiger partial charge on any atom is -0.379 e. The minimum atomic E-state index is 0.142. The molecule has 0 unspecified atom stereocenters. The molecular formula is C30H38ClN9O. The summed E-state index contributed by atoms with van der Waals surface area (Å²) >= 11 is 6.66. The maximum atomic E-state index is 11.6. The third-order valence-corrected chi connectivity index (χ3v) is 8.97. The van der Waals surface area contributed by atoms with Gasteiger partial charge in [-0.25, -0.2) is 9.97 Å². The molecule has 0 radical (unpaired) electrons. The van der Waals surface area contributed by atoms with Gasteiger partial charge in [-0.3, -0.25) is 14.4 Å². The number of benzene rings is 1. The molecule has 2 N–H and O–H groups in total. The van der Waals surface area contributed by atoms with Crippen molar-refractivity contribution in [2.45, 2.75) is 46.2 Å². The lowest BCUT2D eigenvalue weighted by atomic mass is 10.0. The number of rotatable bonds is 6. The molecule has 11 heteroatoms. The van der Waals surface area contributed by atoms with Crippen LogP contribution in [0.25, 0.3) is 22.6 Å². The standard InChI is InChI=1S/C30H38ClN9O/c1-19-25(20(2)37(4)36-19)18-38-11-9-23(10-12-38)33-27-26(31)17-32-30-28(27)34-29(35-30)22-5-7-24(8-6-22)40-15-13-39(14-16-40)21(3)41/h5-8,17,23H,9-16,18H2,1-4H3,(H2,32,33,34,35). The molecule has 0 saturated carbocycles. The Morgan fingerprint density at radius 3 is 2.41 bits per heavy atom. The van der Waals surface area contributed by atoms with Crippen LogP contribution >= 0.6 is 11.6 Å². The van der Waals surface area contributed by atoms with Crippen molar-refractivity contribution < 1.29 is 4.79 Å². The monoisotopic (exact) mass is 575 g/mol. The predicted molar refractivity (Wildman–Crippen MR) is 163 cm³/mol. The average molecular weight is 576 g/mol. The molecule has 0 bridgehead atoms. The van der Waals surface area contributed by atoms with E-state index < -0.39 is 0 Å². The van der Waals surface area contributed by atoms with Crippen molar-refractivity contribution in [3.05, 3.63) is 52.4 Å². The zero-order chi connectivity index (χ0) is 28.7. The van der Waals surface area contributed by atoms with Crippen molar-refractivity contribution in [1.82, 2.24) is 34.5 Å². The number of pyridine rings is 1. The van der Waals surface area contributed by atoms with E-state index in [9.17, 15) is 4.79 Å². The fraction of sp³-hybridized carbons (Fsp3) is 0.467. The van der Waals surface area contributed by atoms with Gasteiger partial charge in [0.2, 0.25) is 5.91 Å². The van der Waals surface area contributed by atoms with Gasteiger partial charge >= 0.3 is 0 Å². The number of H-pyrrole nitrogens is 1. The first-order chi connectivity index (χ1) is 19.8. The Morgan fingerprint density at radius 1 is 1.07 bits per heavy atom. The number of halogens is 1. The molecule has 2 saturated heterocycles. The van der Waals surface area contributed by atoms with Crippen LogP contribution in [0.4, 0.5) is 11.4 Å². The van der Waals surface area contributed by atoms with E-state index in [1.807, 2.05) is 16.6 Å². The molecule has 3 aromatic heterocycles. The van der Waals surface area contributed by atoms with Crippen LogP contribution in [0.5, 0.6) is 0 Å². The van der Waals surface area contributed by atoms with Gasteiger partial charge in [0.15, 0.2) is 5.65 Å². The highest BCUT2D eigenvalue weighted by molar-refractivity contribution is 6.34. The van der Waals surface area contributed by atoms with E-state index in [0.717, 1.165) is 92.6 Å². The lowest BCUT2D eigenvalue weighted by Crippen LogP contribution is -2.48. The normalized spacial score (nSPS) is 17.0. The number of carbonyl (C=O) groups is 1. The number of fused-ring (bicyclic) bond motifs is 1. The summed E-state index contributed by atoms with van der Waals surface area (Å²) < 4.78 is 1.97. The fourth-order valence-corrected chi connectivity index (χ4v) is 6.23. The van der Waals surface area contributed by atoms with E-state index in [2.05, 4.69) is 68.3 Å². The first-order valence-electron chi connectivity index (χ1n) is 14.4. The molecule has 5 heterocycles. The van der Waals surface area contributed by atoms with Crippen molar-refractivity contribution in [2.75, 3.05) is 49.5 Å². The van der Waals surface area contributed by atoms with E-state index in [1.54, 1.807) is 13.1 Å². The van der Waals surface area contributed by atoms with Crippen LogP contribution in [0, 0.1) is 13.8 Å². The first-order valence-corrected chi connectivity index (χ1v) is 14.8. The number of piperidine rings is 1. The Bertz CT molecular complexity index is 1540. The molecule has 216 valence electrons. The molecule has 1 amide bonds. The molecule has 1 aromatic carbocycles. The summed E-state index contributed by atoms with van der Waals surface area (Å²) in [7, 11) is 2.01. The van der Waals surface area contributed by atoms with Gasteiger partial charge in [-0.15, -0.1) is 0 Å². The molecular weight excluding hydrogens is 538 g/mol. The van der Waals surface area contributed by atoms with Gasteiger partial charge in [-0.05, 0) is 51.0 Å². The second-order valence-corrected chi connectivity index (χ2v) is 11.7. The van der Waals surface area contributed by atoms with Gasteiger partial charge in [0.05, 0.1) is 22.6 Å². The Kier molecular flexibility index (Phi) is 7.61. The fourth-order valence-electron chi connectivity index (χ4n) is 6.03. The minimum absolute atomic E-state index is 0.142. The number of hydrogen-bond acceptors (Lipinski definition) is 7. The highest BCUT2D eigenvalue weighted by atomic mass is 35.5. The van der Waals surface area contributed by atoms with Crippen LogP contribution < -0.4 is 10.2 Å². The summed E-state index contributed by atoms with van der Waals surface area (Å²) in [6, 6.07) is 8.72. The molecule has 6 rings (SSSR count).